The van der Waals surface area contributed by atoms with Crippen LogP contribution in [0.2, 0.25) is 0 Å². The second-order valence-corrected chi connectivity index (χ2v) is 6.02. The smallest absolute Gasteiger partial charge is 0.303 e. The molecule has 2 N–H and O–H groups in total. The third-order valence-electron chi connectivity index (χ3n) is 2.50. The average molecular weight is 252 g/mol. The molecule has 0 heterocycles. The third-order valence-corrected chi connectivity index (χ3v) is 3.23. The van der Waals surface area contributed by atoms with Gasteiger partial charge in [0.1, 0.15) is 0 Å². The molecule has 0 saturated heterocycles. The van der Waals surface area contributed by atoms with Gasteiger partial charge in [0.15, 0.2) is 0 Å². The molecule has 0 rings (SSSR count). The number of hydrogen-bond acceptors (Lipinski definition) is 2. The summed E-state index contributed by atoms with van der Waals surface area (Å²) < 4.78 is 15.4. The second kappa shape index (κ2) is 7.44. The SMILES string of the molecule is CCCCCCCCC(C)(C)OP(=O)(O)O. The van der Waals surface area contributed by atoms with Gasteiger partial charge in [-0.1, -0.05) is 45.4 Å². The van der Waals surface area contributed by atoms with Crippen LogP contribution < -0.4 is 0 Å². The summed E-state index contributed by atoms with van der Waals surface area (Å²) in [6.45, 7) is 5.62. The Morgan fingerprint density at radius 2 is 1.56 bits per heavy atom. The zero-order valence-electron chi connectivity index (χ0n) is 10.6. The van der Waals surface area contributed by atoms with Crippen molar-refractivity contribution in [2.24, 2.45) is 0 Å². The van der Waals surface area contributed by atoms with Crippen LogP contribution in [0.15, 0.2) is 0 Å². The van der Waals surface area contributed by atoms with E-state index in [-0.39, 0.29) is 0 Å². The number of hydrogen-bond donors (Lipinski definition) is 2. The fraction of sp³-hybridized carbons (Fsp3) is 1.00. The molecule has 0 aromatic carbocycles. The molecule has 0 aromatic rings. The number of phosphoric acid groups is 1. The van der Waals surface area contributed by atoms with Crippen LogP contribution in [0.4, 0.5) is 0 Å². The van der Waals surface area contributed by atoms with Gasteiger partial charge in [-0.2, -0.15) is 0 Å². The Bertz CT molecular complexity index is 222. The molecule has 0 amide bonds. The van der Waals surface area contributed by atoms with Gasteiger partial charge in [0.05, 0.1) is 5.60 Å². The van der Waals surface area contributed by atoms with Gasteiger partial charge < -0.3 is 9.79 Å². The Morgan fingerprint density at radius 1 is 1.06 bits per heavy atom. The van der Waals surface area contributed by atoms with Crippen LogP contribution in [0.5, 0.6) is 0 Å². The minimum Gasteiger partial charge on any atom is -0.303 e. The van der Waals surface area contributed by atoms with E-state index in [0.29, 0.717) is 6.42 Å². The van der Waals surface area contributed by atoms with Crippen molar-refractivity contribution in [1.29, 1.82) is 0 Å². The van der Waals surface area contributed by atoms with E-state index in [2.05, 4.69) is 6.92 Å². The summed E-state index contributed by atoms with van der Waals surface area (Å²) in [5.74, 6) is 0. The molecule has 16 heavy (non-hydrogen) atoms. The van der Waals surface area contributed by atoms with E-state index < -0.39 is 13.4 Å². The van der Waals surface area contributed by atoms with Crippen molar-refractivity contribution in [1.82, 2.24) is 0 Å². The van der Waals surface area contributed by atoms with E-state index in [1.807, 2.05) is 0 Å². The molecule has 4 nitrogen and oxygen atoms in total. The number of phosphoric ester groups is 1. The lowest BCUT2D eigenvalue weighted by Gasteiger charge is -2.25. The van der Waals surface area contributed by atoms with E-state index in [1.165, 1.54) is 25.7 Å². The predicted molar refractivity (Wildman–Crippen MR) is 65.2 cm³/mol. The summed E-state index contributed by atoms with van der Waals surface area (Å²) in [7, 11) is -4.35. The van der Waals surface area contributed by atoms with Gasteiger partial charge in [0.25, 0.3) is 0 Å². The zero-order valence-corrected chi connectivity index (χ0v) is 11.5. The summed E-state index contributed by atoms with van der Waals surface area (Å²) in [4.78, 5) is 17.4. The van der Waals surface area contributed by atoms with Crippen LogP contribution in [-0.2, 0) is 9.09 Å². The van der Waals surface area contributed by atoms with Crippen LogP contribution in [0.3, 0.4) is 0 Å². The summed E-state index contributed by atoms with van der Waals surface area (Å²) in [6.07, 6.45) is 7.68. The van der Waals surface area contributed by atoms with Gasteiger partial charge in [0, 0.05) is 0 Å². The standard InChI is InChI=1S/C11H25O4P/c1-4-5-6-7-8-9-10-11(2,3)15-16(12,13)14/h4-10H2,1-3H3,(H2,12,13,14). The summed E-state index contributed by atoms with van der Waals surface area (Å²) in [6, 6.07) is 0. The van der Waals surface area contributed by atoms with Crippen LogP contribution in [0.25, 0.3) is 0 Å². The highest BCUT2D eigenvalue weighted by Gasteiger charge is 2.28. The normalized spacial score (nSPS) is 13.1. The quantitative estimate of drug-likeness (QED) is 0.486. The van der Waals surface area contributed by atoms with Gasteiger partial charge in [0.2, 0.25) is 0 Å². The van der Waals surface area contributed by atoms with Gasteiger partial charge in [-0.25, -0.2) is 4.57 Å². The predicted octanol–water partition coefficient (Wildman–Crippen LogP) is 3.62. The fourth-order valence-corrected chi connectivity index (χ4v) is 2.43. The van der Waals surface area contributed by atoms with Gasteiger partial charge >= 0.3 is 7.82 Å². The molecule has 0 radical (unpaired) electrons. The maximum Gasteiger partial charge on any atom is 0.470 e. The van der Waals surface area contributed by atoms with Crippen LogP contribution in [0, 0.1) is 0 Å². The van der Waals surface area contributed by atoms with Gasteiger partial charge in [-0.3, -0.25) is 4.52 Å². The minimum atomic E-state index is -4.35. The van der Waals surface area contributed by atoms with Crippen molar-refractivity contribution >= 4 is 7.82 Å². The highest BCUT2D eigenvalue weighted by Crippen LogP contribution is 2.42. The third kappa shape index (κ3) is 10.6. The van der Waals surface area contributed by atoms with E-state index in [0.717, 1.165) is 12.8 Å². The van der Waals surface area contributed by atoms with Crippen LogP contribution in [0.1, 0.15) is 65.7 Å². The van der Waals surface area contributed by atoms with Crippen molar-refractivity contribution in [3.05, 3.63) is 0 Å². The lowest BCUT2D eigenvalue weighted by atomic mass is 10.00. The molecule has 0 aliphatic rings. The van der Waals surface area contributed by atoms with E-state index >= 15 is 0 Å². The van der Waals surface area contributed by atoms with Crippen molar-refractivity contribution in [2.75, 3.05) is 0 Å². The first-order valence-corrected chi connectivity index (χ1v) is 7.56. The molecule has 0 aliphatic heterocycles. The maximum absolute atomic E-state index is 10.7. The molecule has 0 unspecified atom stereocenters. The van der Waals surface area contributed by atoms with Crippen LogP contribution >= 0.6 is 7.82 Å². The first-order chi connectivity index (χ1) is 7.27. The van der Waals surface area contributed by atoms with Crippen molar-refractivity contribution in [3.8, 4) is 0 Å². The second-order valence-electron chi connectivity index (χ2n) is 4.86. The molecular formula is C11H25O4P. The minimum absolute atomic E-state index is 0.685. The molecule has 98 valence electrons. The highest BCUT2D eigenvalue weighted by atomic mass is 31.2. The Kier molecular flexibility index (Phi) is 7.49. The summed E-state index contributed by atoms with van der Waals surface area (Å²) in [5.41, 5.74) is -0.732. The molecule has 0 bridgehead atoms. The average Bonchev–Trinajstić information content (AvgIpc) is 2.06. The molecule has 0 fully saturated rings. The van der Waals surface area contributed by atoms with E-state index in [9.17, 15) is 4.57 Å². The highest BCUT2D eigenvalue weighted by molar-refractivity contribution is 7.46. The number of unbranched alkanes of at least 4 members (excludes halogenated alkanes) is 5. The number of rotatable bonds is 9. The zero-order chi connectivity index (χ0) is 12.7. The molecule has 0 saturated carbocycles. The molecule has 5 heteroatoms. The van der Waals surface area contributed by atoms with Crippen molar-refractivity contribution in [2.45, 2.75) is 71.3 Å². The maximum atomic E-state index is 10.7. The monoisotopic (exact) mass is 252 g/mol. The molecule has 0 aromatic heterocycles. The Hall–Kier alpha value is 0.110. The van der Waals surface area contributed by atoms with Crippen LogP contribution in [-0.4, -0.2) is 15.4 Å². The topological polar surface area (TPSA) is 66.8 Å². The summed E-state index contributed by atoms with van der Waals surface area (Å²) >= 11 is 0. The Balaban J connectivity index is 3.62. The van der Waals surface area contributed by atoms with Gasteiger partial charge in [-0.15, -0.1) is 0 Å². The Labute approximate surface area is 98.6 Å². The van der Waals surface area contributed by atoms with Crippen molar-refractivity contribution < 1.29 is 18.9 Å². The first-order valence-electron chi connectivity index (χ1n) is 6.03. The lowest BCUT2D eigenvalue weighted by Crippen LogP contribution is -2.22. The van der Waals surface area contributed by atoms with Crippen molar-refractivity contribution in [3.63, 3.8) is 0 Å². The van der Waals surface area contributed by atoms with Gasteiger partial charge in [-0.05, 0) is 20.3 Å². The molecular weight excluding hydrogens is 227 g/mol. The lowest BCUT2D eigenvalue weighted by molar-refractivity contribution is 0.0557. The molecule has 0 spiro atoms. The first kappa shape index (κ1) is 16.1. The fourth-order valence-electron chi connectivity index (χ4n) is 1.70. The largest absolute Gasteiger partial charge is 0.470 e. The van der Waals surface area contributed by atoms with E-state index in [4.69, 9.17) is 14.3 Å². The molecule has 0 atom stereocenters. The molecule has 0 aliphatic carbocycles. The Morgan fingerprint density at radius 3 is 2.06 bits per heavy atom. The van der Waals surface area contributed by atoms with E-state index in [1.54, 1.807) is 13.8 Å². The summed E-state index contributed by atoms with van der Waals surface area (Å²) in [5, 5.41) is 0.